The Balaban J connectivity index is 1.61. The molecule has 0 bridgehead atoms. The van der Waals surface area contributed by atoms with E-state index < -0.39 is 11.8 Å². The molecule has 0 aliphatic rings. The minimum absolute atomic E-state index is 0.0424. The van der Waals surface area contributed by atoms with Gasteiger partial charge in [-0.25, -0.2) is 24.1 Å². The minimum Gasteiger partial charge on any atom is -0.383 e. The number of ketones is 1. The Morgan fingerprint density at radius 2 is 1.88 bits per heavy atom. The number of nitrogens with zero attached hydrogens (tertiary/aromatic N) is 4. The molecule has 32 heavy (non-hydrogen) atoms. The fraction of sp³-hybridized carbons (Fsp3) is 0.136. The molecule has 9 nitrogen and oxygen atoms in total. The first-order chi connectivity index (χ1) is 15.3. The van der Waals surface area contributed by atoms with Crippen molar-refractivity contribution in [3.8, 4) is 0 Å². The normalized spacial score (nSPS) is 11.0. The van der Waals surface area contributed by atoms with Gasteiger partial charge in [0.2, 0.25) is 5.78 Å². The summed E-state index contributed by atoms with van der Waals surface area (Å²) in [4.78, 5) is 38.0. The van der Waals surface area contributed by atoms with E-state index in [9.17, 15) is 14.0 Å². The van der Waals surface area contributed by atoms with E-state index in [1.54, 1.807) is 18.3 Å². The first kappa shape index (κ1) is 20.9. The lowest BCUT2D eigenvalue weighted by molar-refractivity contribution is 0.103. The van der Waals surface area contributed by atoms with Gasteiger partial charge in [0, 0.05) is 17.9 Å². The van der Waals surface area contributed by atoms with Crippen LogP contribution in [0.1, 0.15) is 35.9 Å². The lowest BCUT2D eigenvalue weighted by atomic mass is 10.1. The summed E-state index contributed by atoms with van der Waals surface area (Å²) in [6.45, 7) is 3.93. The number of fused-ring (bicyclic) bond motifs is 1. The summed E-state index contributed by atoms with van der Waals surface area (Å²) in [5.41, 5.74) is 7.31. The number of anilines is 3. The van der Waals surface area contributed by atoms with Gasteiger partial charge in [-0.15, -0.1) is 0 Å². The lowest BCUT2D eigenvalue weighted by Crippen LogP contribution is -2.20. The van der Waals surface area contributed by atoms with Gasteiger partial charge in [0.25, 0.3) is 0 Å². The second kappa shape index (κ2) is 8.42. The number of nitrogens with two attached hydrogens (primary N) is 1. The molecule has 0 saturated heterocycles. The SMILES string of the molecule is CC(C)n1cc(C(=O)c2cccc(NC(=O)Nc3cccc(F)c3)n2)c2c(N)ncnc21. The summed E-state index contributed by atoms with van der Waals surface area (Å²) in [5.74, 6) is -0.509. The number of pyridine rings is 1. The maximum absolute atomic E-state index is 13.3. The van der Waals surface area contributed by atoms with Crippen molar-refractivity contribution in [1.29, 1.82) is 0 Å². The minimum atomic E-state index is -0.623. The molecule has 1 aromatic carbocycles. The van der Waals surface area contributed by atoms with Crippen LogP contribution in [0.4, 0.5) is 26.5 Å². The standard InChI is InChI=1S/C22H20FN7O2/c1-12(2)30-10-15(18-20(24)25-11-26-21(18)30)19(31)16-7-4-8-17(28-16)29-22(32)27-14-6-3-5-13(23)9-14/h3-12H,1-2H3,(H2,24,25,26)(H2,27,28,29,32). The van der Waals surface area contributed by atoms with Crippen molar-refractivity contribution < 1.29 is 14.0 Å². The van der Waals surface area contributed by atoms with Crippen molar-refractivity contribution in [2.24, 2.45) is 0 Å². The number of nitrogens with one attached hydrogen (secondary N) is 2. The Hall–Kier alpha value is -4.34. The van der Waals surface area contributed by atoms with Gasteiger partial charge in [-0.3, -0.25) is 10.1 Å². The fourth-order valence-electron chi connectivity index (χ4n) is 3.29. The number of halogens is 1. The van der Waals surface area contributed by atoms with E-state index in [2.05, 4.69) is 25.6 Å². The molecule has 0 aliphatic heterocycles. The molecule has 0 unspecified atom stereocenters. The molecule has 0 aliphatic carbocycles. The van der Waals surface area contributed by atoms with E-state index in [0.717, 1.165) is 0 Å². The van der Waals surface area contributed by atoms with Gasteiger partial charge in [-0.05, 0) is 44.2 Å². The highest BCUT2D eigenvalue weighted by molar-refractivity contribution is 6.17. The van der Waals surface area contributed by atoms with Gasteiger partial charge >= 0.3 is 6.03 Å². The van der Waals surface area contributed by atoms with Gasteiger partial charge in [-0.1, -0.05) is 12.1 Å². The van der Waals surface area contributed by atoms with Crippen molar-refractivity contribution in [2.45, 2.75) is 19.9 Å². The summed E-state index contributed by atoms with van der Waals surface area (Å²) in [5, 5.41) is 5.50. The van der Waals surface area contributed by atoms with E-state index in [1.165, 1.54) is 36.7 Å². The first-order valence-corrected chi connectivity index (χ1v) is 9.80. The zero-order chi connectivity index (χ0) is 22.8. The smallest absolute Gasteiger partial charge is 0.324 e. The Bertz CT molecular complexity index is 1330. The quantitative estimate of drug-likeness (QED) is 0.408. The van der Waals surface area contributed by atoms with Crippen LogP contribution in [-0.2, 0) is 0 Å². The third kappa shape index (κ3) is 4.10. The molecule has 0 radical (unpaired) electrons. The summed E-state index contributed by atoms with van der Waals surface area (Å²) in [6.07, 6.45) is 3.03. The Labute approximate surface area is 182 Å². The van der Waals surface area contributed by atoms with Gasteiger partial charge < -0.3 is 15.6 Å². The molecular weight excluding hydrogens is 413 g/mol. The van der Waals surface area contributed by atoms with Gasteiger partial charge in [0.1, 0.15) is 35.1 Å². The van der Waals surface area contributed by atoms with Crippen LogP contribution in [-0.4, -0.2) is 31.3 Å². The van der Waals surface area contributed by atoms with E-state index in [-0.39, 0.29) is 34.8 Å². The molecule has 2 amide bonds. The predicted octanol–water partition coefficient (Wildman–Crippen LogP) is 4.00. The number of rotatable bonds is 5. The van der Waals surface area contributed by atoms with Crippen LogP contribution < -0.4 is 16.4 Å². The van der Waals surface area contributed by atoms with Crippen molar-refractivity contribution >= 4 is 40.2 Å². The fourth-order valence-corrected chi connectivity index (χ4v) is 3.29. The average Bonchev–Trinajstić information content (AvgIpc) is 3.15. The number of hydrogen-bond acceptors (Lipinski definition) is 6. The van der Waals surface area contributed by atoms with Crippen LogP contribution in [0.15, 0.2) is 55.0 Å². The second-order valence-electron chi connectivity index (χ2n) is 7.33. The van der Waals surface area contributed by atoms with Gasteiger partial charge in [0.15, 0.2) is 0 Å². The van der Waals surface area contributed by atoms with Crippen molar-refractivity contribution in [3.05, 3.63) is 72.1 Å². The highest BCUT2D eigenvalue weighted by atomic mass is 19.1. The highest BCUT2D eigenvalue weighted by Gasteiger charge is 2.22. The zero-order valence-corrected chi connectivity index (χ0v) is 17.3. The number of carbonyl (C=O) groups excluding carboxylic acids is 2. The van der Waals surface area contributed by atoms with Crippen molar-refractivity contribution in [2.75, 3.05) is 16.4 Å². The molecule has 0 spiro atoms. The summed E-state index contributed by atoms with van der Waals surface area (Å²) in [7, 11) is 0. The Morgan fingerprint density at radius 1 is 1.09 bits per heavy atom. The number of benzene rings is 1. The van der Waals surface area contributed by atoms with Crippen LogP contribution in [0, 0.1) is 5.82 Å². The van der Waals surface area contributed by atoms with E-state index >= 15 is 0 Å². The third-order valence-electron chi connectivity index (χ3n) is 4.75. The number of urea groups is 1. The molecule has 162 valence electrons. The summed E-state index contributed by atoms with van der Waals surface area (Å²) >= 11 is 0. The van der Waals surface area contributed by atoms with Crippen LogP contribution in [0.5, 0.6) is 0 Å². The van der Waals surface area contributed by atoms with Crippen LogP contribution >= 0.6 is 0 Å². The Kier molecular flexibility index (Phi) is 5.50. The van der Waals surface area contributed by atoms with Crippen LogP contribution in [0.25, 0.3) is 11.0 Å². The predicted molar refractivity (Wildman–Crippen MR) is 119 cm³/mol. The van der Waals surface area contributed by atoms with Crippen molar-refractivity contribution in [1.82, 2.24) is 19.5 Å². The lowest BCUT2D eigenvalue weighted by Gasteiger charge is -2.08. The molecule has 0 fully saturated rings. The van der Waals surface area contributed by atoms with E-state index in [1.807, 2.05) is 18.4 Å². The third-order valence-corrected chi connectivity index (χ3v) is 4.75. The highest BCUT2D eigenvalue weighted by Crippen LogP contribution is 2.28. The average molecular weight is 433 g/mol. The number of amides is 2. The Morgan fingerprint density at radius 3 is 2.62 bits per heavy atom. The number of nitrogen functional groups attached to an aromatic ring is 1. The first-order valence-electron chi connectivity index (χ1n) is 9.80. The molecule has 3 aromatic heterocycles. The largest absolute Gasteiger partial charge is 0.383 e. The van der Waals surface area contributed by atoms with Gasteiger partial charge in [-0.2, -0.15) is 0 Å². The van der Waals surface area contributed by atoms with Gasteiger partial charge in [0.05, 0.1) is 10.9 Å². The molecule has 4 N–H and O–H groups in total. The van der Waals surface area contributed by atoms with Crippen molar-refractivity contribution in [3.63, 3.8) is 0 Å². The monoisotopic (exact) mass is 433 g/mol. The molecular formula is C22H20FN7O2. The maximum Gasteiger partial charge on any atom is 0.324 e. The molecule has 4 rings (SSSR count). The molecule has 10 heteroatoms. The van der Waals surface area contributed by atoms with Crippen LogP contribution in [0.2, 0.25) is 0 Å². The van der Waals surface area contributed by atoms with Crippen LogP contribution in [0.3, 0.4) is 0 Å². The van der Waals surface area contributed by atoms with E-state index in [0.29, 0.717) is 16.6 Å². The topological polar surface area (TPSA) is 128 Å². The second-order valence-corrected chi connectivity index (χ2v) is 7.33. The molecule has 4 aromatic rings. The zero-order valence-electron chi connectivity index (χ0n) is 17.3. The number of aromatic nitrogens is 4. The summed E-state index contributed by atoms with van der Waals surface area (Å²) in [6, 6.07) is 9.57. The summed E-state index contributed by atoms with van der Waals surface area (Å²) < 4.78 is 15.1. The molecule has 0 saturated carbocycles. The number of carbonyl (C=O) groups is 2. The van der Waals surface area contributed by atoms with E-state index in [4.69, 9.17) is 5.73 Å². The maximum atomic E-state index is 13.3. The molecule has 0 atom stereocenters. The number of hydrogen-bond donors (Lipinski definition) is 3. The molecule has 3 heterocycles.